The first-order chi connectivity index (χ1) is 18.9. The number of benzene rings is 2. The van der Waals surface area contributed by atoms with E-state index in [-0.39, 0.29) is 35.0 Å². The molecule has 0 aliphatic carbocycles. The van der Waals surface area contributed by atoms with Crippen LogP contribution in [0.5, 0.6) is 0 Å². The highest BCUT2D eigenvalue weighted by Gasteiger charge is 2.56. The molecule has 2 fully saturated rings. The fourth-order valence-corrected chi connectivity index (χ4v) is 5.81. The number of aryl methyl sites for hydroxylation is 1. The van der Waals surface area contributed by atoms with Gasteiger partial charge in [-0.15, -0.1) is 0 Å². The molecule has 9 nitrogen and oxygen atoms in total. The average Bonchev–Trinajstić information content (AvgIpc) is 3.12. The minimum Gasteiger partial charge on any atom is -0.478 e. The van der Waals surface area contributed by atoms with Gasteiger partial charge < -0.3 is 25.1 Å². The van der Waals surface area contributed by atoms with E-state index in [4.69, 9.17) is 0 Å². The van der Waals surface area contributed by atoms with Gasteiger partial charge in [-0.2, -0.15) is 0 Å². The maximum Gasteiger partial charge on any atom is 0.335 e. The molecule has 0 radical (unpaired) electrons. The number of likely N-dealkylation sites (tertiary alicyclic amines) is 1. The second-order valence-corrected chi connectivity index (χ2v) is 11.0. The van der Waals surface area contributed by atoms with Gasteiger partial charge in [-0.3, -0.25) is 14.4 Å². The first kappa shape index (κ1) is 29.0. The fraction of sp³-hybridized carbons (Fsp3) is 0.467. The van der Waals surface area contributed by atoms with Crippen molar-refractivity contribution in [3.8, 4) is 0 Å². The number of rotatable bonds is 7. The molecule has 1 unspecified atom stereocenters. The second-order valence-electron chi connectivity index (χ2n) is 11.0. The number of anilines is 1. The SMILES string of the molecule is CCc1ccc(F)c(C(=O)NC(C(=O)N2CCC3(CC2)C(=O)N(C)[C@@H](C)N3c2ccc(C(=O)O)cc2)C(C)C)c1. The molecular weight excluding hydrogens is 515 g/mol. The van der Waals surface area contributed by atoms with E-state index in [0.29, 0.717) is 32.4 Å². The van der Waals surface area contributed by atoms with E-state index in [1.54, 1.807) is 35.0 Å². The van der Waals surface area contributed by atoms with Crippen molar-refractivity contribution < 1.29 is 28.7 Å². The topological polar surface area (TPSA) is 110 Å². The quantitative estimate of drug-likeness (QED) is 0.544. The van der Waals surface area contributed by atoms with Gasteiger partial charge in [0.1, 0.15) is 23.6 Å². The Morgan fingerprint density at radius 1 is 1.10 bits per heavy atom. The minimum absolute atomic E-state index is 0.0468. The Bertz CT molecular complexity index is 1300. The molecular formula is C30H37FN4O5. The fourth-order valence-electron chi connectivity index (χ4n) is 5.81. The van der Waals surface area contributed by atoms with Crippen LogP contribution in [0.3, 0.4) is 0 Å². The molecule has 2 aromatic carbocycles. The molecule has 2 aromatic rings. The van der Waals surface area contributed by atoms with Gasteiger partial charge >= 0.3 is 5.97 Å². The first-order valence-corrected chi connectivity index (χ1v) is 13.7. The summed E-state index contributed by atoms with van der Waals surface area (Å²) in [5.41, 5.74) is 0.749. The summed E-state index contributed by atoms with van der Waals surface area (Å²) in [4.78, 5) is 56.9. The largest absolute Gasteiger partial charge is 0.478 e. The predicted molar refractivity (Wildman–Crippen MR) is 149 cm³/mol. The molecule has 2 heterocycles. The van der Waals surface area contributed by atoms with Crippen LogP contribution < -0.4 is 10.2 Å². The van der Waals surface area contributed by atoms with Crippen molar-refractivity contribution in [3.63, 3.8) is 0 Å². The molecule has 2 N–H and O–H groups in total. The Balaban J connectivity index is 1.52. The smallest absolute Gasteiger partial charge is 0.335 e. The van der Waals surface area contributed by atoms with Crippen molar-refractivity contribution in [2.24, 2.45) is 5.92 Å². The summed E-state index contributed by atoms with van der Waals surface area (Å²) >= 11 is 0. The monoisotopic (exact) mass is 552 g/mol. The Morgan fingerprint density at radius 3 is 2.27 bits per heavy atom. The number of nitrogens with zero attached hydrogens (tertiary/aromatic N) is 3. The van der Waals surface area contributed by atoms with E-state index in [0.717, 1.165) is 11.3 Å². The number of piperidine rings is 1. The molecule has 0 saturated carbocycles. The molecule has 4 rings (SSSR count). The molecule has 3 amide bonds. The molecule has 2 saturated heterocycles. The molecule has 40 heavy (non-hydrogen) atoms. The molecule has 2 atom stereocenters. The lowest BCUT2D eigenvalue weighted by Gasteiger charge is -2.45. The minimum atomic E-state index is -1.02. The van der Waals surface area contributed by atoms with Crippen molar-refractivity contribution in [1.29, 1.82) is 0 Å². The van der Waals surface area contributed by atoms with E-state index < -0.39 is 29.3 Å². The van der Waals surface area contributed by atoms with Gasteiger partial charge in [0.25, 0.3) is 5.91 Å². The molecule has 10 heteroatoms. The number of carbonyl (C=O) groups excluding carboxylic acids is 3. The molecule has 2 aliphatic rings. The highest BCUT2D eigenvalue weighted by molar-refractivity contribution is 5.98. The number of amides is 3. The van der Waals surface area contributed by atoms with Crippen LogP contribution in [0.15, 0.2) is 42.5 Å². The number of hydrogen-bond donors (Lipinski definition) is 2. The van der Waals surface area contributed by atoms with E-state index in [9.17, 15) is 28.7 Å². The zero-order chi connectivity index (χ0) is 29.4. The lowest BCUT2D eigenvalue weighted by molar-refractivity contribution is -0.139. The Hall–Kier alpha value is -3.95. The van der Waals surface area contributed by atoms with Crippen LogP contribution in [0.1, 0.15) is 66.8 Å². The van der Waals surface area contributed by atoms with Crippen molar-refractivity contribution >= 4 is 29.4 Å². The van der Waals surface area contributed by atoms with Gasteiger partial charge in [0.15, 0.2) is 0 Å². The summed E-state index contributed by atoms with van der Waals surface area (Å²) in [5.74, 6) is -2.86. The summed E-state index contributed by atoms with van der Waals surface area (Å²) in [6.45, 7) is 8.09. The number of nitrogens with one attached hydrogen (secondary N) is 1. The van der Waals surface area contributed by atoms with Crippen molar-refractivity contribution in [1.82, 2.24) is 15.1 Å². The normalized spacial score (nSPS) is 19.3. The molecule has 214 valence electrons. The Kier molecular flexibility index (Phi) is 8.18. The zero-order valence-corrected chi connectivity index (χ0v) is 23.6. The first-order valence-electron chi connectivity index (χ1n) is 13.7. The number of carbonyl (C=O) groups is 4. The van der Waals surface area contributed by atoms with Gasteiger partial charge in [0.2, 0.25) is 11.8 Å². The van der Waals surface area contributed by atoms with Gasteiger partial charge in [-0.1, -0.05) is 26.8 Å². The van der Waals surface area contributed by atoms with E-state index in [2.05, 4.69) is 5.32 Å². The van der Waals surface area contributed by atoms with Gasteiger partial charge in [-0.25, -0.2) is 9.18 Å². The maximum absolute atomic E-state index is 14.4. The third kappa shape index (κ3) is 5.14. The summed E-state index contributed by atoms with van der Waals surface area (Å²) in [6, 6.07) is 10.0. The van der Waals surface area contributed by atoms with Crippen molar-refractivity contribution in [2.45, 2.75) is 64.7 Å². The number of hydrogen-bond acceptors (Lipinski definition) is 5. The maximum atomic E-state index is 14.4. The summed E-state index contributed by atoms with van der Waals surface area (Å²) in [6.07, 6.45) is 1.13. The van der Waals surface area contributed by atoms with Crippen molar-refractivity contribution in [2.75, 3.05) is 25.0 Å². The van der Waals surface area contributed by atoms with Crippen LogP contribution in [0.25, 0.3) is 0 Å². The van der Waals surface area contributed by atoms with Gasteiger partial charge in [-0.05, 0) is 74.1 Å². The molecule has 1 spiro atoms. The number of aromatic carboxylic acids is 1. The van der Waals surface area contributed by atoms with Crippen LogP contribution in [-0.2, 0) is 16.0 Å². The van der Waals surface area contributed by atoms with Crippen LogP contribution in [0, 0.1) is 11.7 Å². The third-order valence-corrected chi connectivity index (χ3v) is 8.31. The lowest BCUT2D eigenvalue weighted by Crippen LogP contribution is -2.60. The third-order valence-electron chi connectivity index (χ3n) is 8.31. The van der Waals surface area contributed by atoms with Crippen molar-refractivity contribution in [3.05, 3.63) is 65.0 Å². The van der Waals surface area contributed by atoms with Crippen LogP contribution in [-0.4, -0.2) is 76.5 Å². The van der Waals surface area contributed by atoms with Crippen LogP contribution >= 0.6 is 0 Å². The van der Waals surface area contributed by atoms with E-state index in [1.165, 1.54) is 24.3 Å². The highest BCUT2D eigenvalue weighted by atomic mass is 19.1. The number of likely N-dealkylation sites (N-methyl/N-ethyl adjacent to an activating group) is 1. The lowest BCUT2D eigenvalue weighted by atomic mass is 9.84. The summed E-state index contributed by atoms with van der Waals surface area (Å²) in [7, 11) is 1.74. The standard InChI is InChI=1S/C30H37FN4O5/c1-6-20-7-12-24(31)23(17-20)26(36)32-25(18(2)3)27(37)34-15-13-30(14-16-34)29(40)33(5)19(4)35(30)22-10-8-21(9-11-22)28(38)39/h7-12,17-19,25H,6,13-16H2,1-5H3,(H,32,36)(H,38,39)/t19-,25?/m1/s1. The second kappa shape index (κ2) is 11.3. The summed E-state index contributed by atoms with van der Waals surface area (Å²) < 4.78 is 14.4. The van der Waals surface area contributed by atoms with E-state index in [1.807, 2.05) is 32.6 Å². The van der Waals surface area contributed by atoms with Crippen LogP contribution in [0.2, 0.25) is 0 Å². The molecule has 2 aliphatic heterocycles. The zero-order valence-electron chi connectivity index (χ0n) is 23.6. The Labute approximate surface area is 233 Å². The predicted octanol–water partition coefficient (Wildman–Crippen LogP) is 3.53. The highest BCUT2D eigenvalue weighted by Crippen LogP contribution is 2.42. The number of carboxylic acid groups (broad SMARTS) is 1. The number of carboxylic acids is 1. The van der Waals surface area contributed by atoms with Crippen LogP contribution in [0.4, 0.5) is 10.1 Å². The van der Waals surface area contributed by atoms with Gasteiger partial charge in [0, 0.05) is 25.8 Å². The molecule has 0 aromatic heterocycles. The van der Waals surface area contributed by atoms with Gasteiger partial charge in [0.05, 0.1) is 11.1 Å². The number of halogens is 1. The van der Waals surface area contributed by atoms with E-state index >= 15 is 0 Å². The molecule has 0 bridgehead atoms. The Morgan fingerprint density at radius 2 is 1.73 bits per heavy atom. The average molecular weight is 553 g/mol. The summed E-state index contributed by atoms with van der Waals surface area (Å²) in [5, 5.41) is 12.0.